The van der Waals surface area contributed by atoms with Crippen molar-refractivity contribution < 1.29 is 21.6 Å². The molecule has 0 aliphatic heterocycles. The number of amides is 1. The summed E-state index contributed by atoms with van der Waals surface area (Å²) in [5, 5.41) is 3.44. The summed E-state index contributed by atoms with van der Waals surface area (Å²) < 4.78 is 56.3. The van der Waals surface area contributed by atoms with Crippen LogP contribution in [0.5, 0.6) is 0 Å². The number of hydrogen-bond acceptors (Lipinski definition) is 5. The summed E-state index contributed by atoms with van der Waals surface area (Å²) in [6.45, 7) is 2.99. The molecule has 0 bridgehead atoms. The molecule has 0 unspecified atom stereocenters. The minimum absolute atomic E-state index is 0.0248. The van der Waals surface area contributed by atoms with E-state index in [0.717, 1.165) is 9.87 Å². The first-order valence-electron chi connectivity index (χ1n) is 11.9. The van der Waals surface area contributed by atoms with Gasteiger partial charge in [-0.05, 0) is 97.8 Å². The summed E-state index contributed by atoms with van der Waals surface area (Å²) in [7, 11) is -8.05. The molecule has 8 nitrogen and oxygen atoms in total. The van der Waals surface area contributed by atoms with E-state index in [2.05, 4.69) is 10.0 Å². The predicted octanol–water partition coefficient (Wildman–Crippen LogP) is 6.25. The molecule has 0 aromatic heterocycles. The summed E-state index contributed by atoms with van der Waals surface area (Å²) >= 11 is 12.0. The lowest BCUT2D eigenvalue weighted by atomic mass is 10.2. The number of sulfonamides is 2. The number of nitrogens with zero attached hydrogens (tertiary/aromatic N) is 1. The molecule has 0 radical (unpaired) electrons. The average molecular weight is 619 g/mol. The van der Waals surface area contributed by atoms with Crippen LogP contribution >= 0.6 is 23.2 Å². The number of halogens is 2. The van der Waals surface area contributed by atoms with Crippen molar-refractivity contribution in [2.45, 2.75) is 23.6 Å². The van der Waals surface area contributed by atoms with E-state index in [0.29, 0.717) is 27.0 Å². The fourth-order valence-electron chi connectivity index (χ4n) is 3.80. The smallest absolute Gasteiger partial charge is 0.264 e. The van der Waals surface area contributed by atoms with Crippen LogP contribution in [0, 0.1) is 13.8 Å². The number of nitrogens with one attached hydrogen (secondary N) is 2. The van der Waals surface area contributed by atoms with E-state index in [1.54, 1.807) is 43.3 Å². The van der Waals surface area contributed by atoms with Crippen LogP contribution in [0.1, 0.15) is 11.1 Å². The van der Waals surface area contributed by atoms with Gasteiger partial charge < -0.3 is 5.32 Å². The van der Waals surface area contributed by atoms with E-state index >= 15 is 0 Å². The summed E-state index contributed by atoms with van der Waals surface area (Å²) in [5.41, 5.74) is 2.35. The monoisotopic (exact) mass is 617 g/mol. The van der Waals surface area contributed by atoms with Gasteiger partial charge in [0.05, 0.1) is 21.2 Å². The SMILES string of the molecule is Cc1cccc(N(CC(=O)Nc2ccc(S(=O)(=O)Nc3cccc(Cl)c3C)cc2)S(=O)(=O)c2ccc(Cl)cc2)c1. The van der Waals surface area contributed by atoms with Crippen LogP contribution in [0.15, 0.2) is 101 Å². The molecule has 40 heavy (non-hydrogen) atoms. The normalized spacial score (nSPS) is 11.6. The zero-order chi connectivity index (χ0) is 29.1. The molecule has 0 aliphatic rings. The first kappa shape index (κ1) is 29.4. The van der Waals surface area contributed by atoms with Crippen LogP contribution < -0.4 is 14.3 Å². The van der Waals surface area contributed by atoms with Gasteiger partial charge in [-0.25, -0.2) is 16.8 Å². The lowest BCUT2D eigenvalue weighted by molar-refractivity contribution is -0.114. The molecule has 0 fully saturated rings. The van der Waals surface area contributed by atoms with Gasteiger partial charge >= 0.3 is 0 Å². The third kappa shape index (κ3) is 6.76. The second kappa shape index (κ2) is 11.9. The Morgan fingerprint density at radius 3 is 2.08 bits per heavy atom. The molecule has 0 heterocycles. The van der Waals surface area contributed by atoms with Crippen LogP contribution in [0.3, 0.4) is 0 Å². The van der Waals surface area contributed by atoms with E-state index in [9.17, 15) is 21.6 Å². The zero-order valence-corrected chi connectivity index (χ0v) is 24.6. The minimum atomic E-state index is -4.12. The number of aryl methyl sites for hydroxylation is 1. The molecule has 1 amide bonds. The summed E-state index contributed by atoms with van der Waals surface area (Å²) in [6, 6.07) is 22.8. The third-order valence-corrected chi connectivity index (χ3v) is 9.77. The molecule has 0 saturated heterocycles. The molecule has 2 N–H and O–H groups in total. The van der Waals surface area contributed by atoms with Crippen molar-refractivity contribution in [3.63, 3.8) is 0 Å². The number of rotatable bonds is 9. The van der Waals surface area contributed by atoms with Crippen LogP contribution in [0.25, 0.3) is 0 Å². The van der Waals surface area contributed by atoms with Gasteiger partial charge in [0.15, 0.2) is 0 Å². The predicted molar refractivity (Wildman–Crippen MR) is 159 cm³/mol. The van der Waals surface area contributed by atoms with Crippen molar-refractivity contribution >= 4 is 66.2 Å². The maximum atomic E-state index is 13.5. The highest BCUT2D eigenvalue weighted by Gasteiger charge is 2.27. The highest BCUT2D eigenvalue weighted by atomic mass is 35.5. The van der Waals surface area contributed by atoms with Crippen molar-refractivity contribution in [3.8, 4) is 0 Å². The van der Waals surface area contributed by atoms with Gasteiger partial charge in [-0.15, -0.1) is 0 Å². The Morgan fingerprint density at radius 1 is 0.800 bits per heavy atom. The number of anilines is 3. The van der Waals surface area contributed by atoms with Gasteiger partial charge in [-0.3, -0.25) is 13.8 Å². The molecule has 208 valence electrons. The Hall–Kier alpha value is -3.57. The largest absolute Gasteiger partial charge is 0.325 e. The van der Waals surface area contributed by atoms with Gasteiger partial charge in [-0.2, -0.15) is 0 Å². The Balaban J connectivity index is 1.54. The highest BCUT2D eigenvalue weighted by Crippen LogP contribution is 2.27. The standard InChI is InChI=1S/C28H25Cl2N3O5S2/c1-19-5-3-6-23(17-19)33(40(37,38)25-13-9-21(29)10-14-25)18-28(34)31-22-11-15-24(16-12-22)39(35,36)32-27-8-4-7-26(30)20(27)2/h3-17,32H,18H2,1-2H3,(H,31,34). The second-order valence-electron chi connectivity index (χ2n) is 8.90. The van der Waals surface area contributed by atoms with Crippen molar-refractivity contribution in [2.75, 3.05) is 20.9 Å². The van der Waals surface area contributed by atoms with Gasteiger partial charge in [-0.1, -0.05) is 41.4 Å². The number of carbonyl (C=O) groups excluding carboxylic acids is 1. The maximum Gasteiger partial charge on any atom is 0.264 e. The van der Waals surface area contributed by atoms with Crippen LogP contribution in [-0.4, -0.2) is 29.3 Å². The number of carbonyl (C=O) groups is 1. The lowest BCUT2D eigenvalue weighted by Gasteiger charge is -2.24. The molecule has 0 spiro atoms. The Kier molecular flexibility index (Phi) is 8.74. The van der Waals surface area contributed by atoms with Gasteiger partial charge in [0.2, 0.25) is 5.91 Å². The third-order valence-electron chi connectivity index (χ3n) is 5.94. The fourth-order valence-corrected chi connectivity index (χ4v) is 6.64. The molecule has 0 atom stereocenters. The van der Waals surface area contributed by atoms with E-state index in [1.165, 1.54) is 48.5 Å². The highest BCUT2D eigenvalue weighted by molar-refractivity contribution is 7.93. The van der Waals surface area contributed by atoms with Crippen LogP contribution in [-0.2, 0) is 24.8 Å². The Labute approximate surface area is 243 Å². The van der Waals surface area contributed by atoms with Gasteiger partial charge in [0.1, 0.15) is 6.54 Å². The molecule has 4 aromatic rings. The first-order valence-corrected chi connectivity index (χ1v) is 15.6. The van der Waals surface area contributed by atoms with E-state index in [4.69, 9.17) is 23.2 Å². The molecular weight excluding hydrogens is 593 g/mol. The maximum absolute atomic E-state index is 13.5. The number of benzene rings is 4. The quantitative estimate of drug-likeness (QED) is 0.231. The van der Waals surface area contributed by atoms with Gasteiger partial charge in [0, 0.05) is 15.7 Å². The topological polar surface area (TPSA) is 113 Å². The Bertz CT molecular complexity index is 1760. The molecule has 0 saturated carbocycles. The average Bonchev–Trinajstić information content (AvgIpc) is 2.90. The molecule has 4 aromatic carbocycles. The molecule has 0 aliphatic carbocycles. The summed E-state index contributed by atoms with van der Waals surface area (Å²) in [5.74, 6) is -0.623. The lowest BCUT2D eigenvalue weighted by Crippen LogP contribution is -2.38. The fraction of sp³-hybridized carbons (Fsp3) is 0.107. The molecular formula is C28H25Cl2N3O5S2. The van der Waals surface area contributed by atoms with Crippen molar-refractivity contribution in [3.05, 3.63) is 112 Å². The van der Waals surface area contributed by atoms with E-state index < -0.39 is 32.5 Å². The van der Waals surface area contributed by atoms with Crippen molar-refractivity contribution in [1.82, 2.24) is 0 Å². The van der Waals surface area contributed by atoms with Crippen molar-refractivity contribution in [2.24, 2.45) is 0 Å². The van der Waals surface area contributed by atoms with Crippen LogP contribution in [0.2, 0.25) is 10.0 Å². The first-order chi connectivity index (χ1) is 18.9. The van der Waals surface area contributed by atoms with Crippen molar-refractivity contribution in [1.29, 1.82) is 0 Å². The Morgan fingerprint density at radius 2 is 1.43 bits per heavy atom. The van der Waals surface area contributed by atoms with E-state index in [1.807, 2.05) is 13.0 Å². The van der Waals surface area contributed by atoms with Gasteiger partial charge in [0.25, 0.3) is 20.0 Å². The van der Waals surface area contributed by atoms with Crippen LogP contribution in [0.4, 0.5) is 17.1 Å². The van der Waals surface area contributed by atoms with E-state index in [-0.39, 0.29) is 15.5 Å². The number of hydrogen-bond donors (Lipinski definition) is 2. The minimum Gasteiger partial charge on any atom is -0.325 e. The zero-order valence-electron chi connectivity index (χ0n) is 21.4. The second-order valence-corrected chi connectivity index (χ2v) is 13.3. The molecule has 12 heteroatoms. The molecule has 4 rings (SSSR count). The summed E-state index contributed by atoms with van der Waals surface area (Å²) in [6.07, 6.45) is 0. The summed E-state index contributed by atoms with van der Waals surface area (Å²) in [4.78, 5) is 13.0.